The van der Waals surface area contributed by atoms with Gasteiger partial charge in [-0.3, -0.25) is 9.59 Å². The molecule has 3 fully saturated rings. The van der Waals surface area contributed by atoms with E-state index < -0.39 is 0 Å². The first kappa shape index (κ1) is 13.9. The van der Waals surface area contributed by atoms with Crippen LogP contribution in [0.25, 0.3) is 0 Å². The number of carbonyl (C=O) groups is 2. The highest BCUT2D eigenvalue weighted by atomic mass is 16.2. The maximum Gasteiger partial charge on any atom is 0.246 e. The zero-order valence-corrected chi connectivity index (χ0v) is 12.7. The molecule has 0 bridgehead atoms. The number of hydrogen-bond acceptors (Lipinski definition) is 2. The third-order valence-corrected chi connectivity index (χ3v) is 5.62. The van der Waals surface area contributed by atoms with Gasteiger partial charge in [-0.1, -0.05) is 19.3 Å². The van der Waals surface area contributed by atoms with Crippen LogP contribution in [0.4, 0.5) is 0 Å². The van der Waals surface area contributed by atoms with E-state index in [1.807, 2.05) is 16.7 Å². The smallest absolute Gasteiger partial charge is 0.246 e. The SMILES string of the molecule is CC1C(=O)N2CCCC2C(=O)N1C(C)C1CCCCC1. The number of piperazine rings is 1. The van der Waals surface area contributed by atoms with E-state index in [0.29, 0.717) is 5.92 Å². The van der Waals surface area contributed by atoms with Crippen LogP contribution in [0, 0.1) is 5.92 Å². The average Bonchev–Trinajstić information content (AvgIpc) is 2.96. The first-order valence-electron chi connectivity index (χ1n) is 8.24. The fourth-order valence-electron chi connectivity index (χ4n) is 4.41. The topological polar surface area (TPSA) is 40.6 Å². The quantitative estimate of drug-likeness (QED) is 0.777. The van der Waals surface area contributed by atoms with Gasteiger partial charge in [-0.05, 0) is 45.4 Å². The Hall–Kier alpha value is -1.06. The molecular weight excluding hydrogens is 252 g/mol. The average molecular weight is 278 g/mol. The van der Waals surface area contributed by atoms with Gasteiger partial charge in [0.1, 0.15) is 12.1 Å². The lowest BCUT2D eigenvalue weighted by molar-refractivity contribution is -0.162. The Morgan fingerprint density at radius 3 is 2.40 bits per heavy atom. The molecule has 2 aliphatic heterocycles. The van der Waals surface area contributed by atoms with E-state index >= 15 is 0 Å². The number of carbonyl (C=O) groups excluding carboxylic acids is 2. The molecule has 0 spiro atoms. The highest BCUT2D eigenvalue weighted by Crippen LogP contribution is 2.34. The van der Waals surface area contributed by atoms with Crippen molar-refractivity contribution in [3.63, 3.8) is 0 Å². The molecule has 3 aliphatic rings. The van der Waals surface area contributed by atoms with Gasteiger partial charge in [0.2, 0.25) is 11.8 Å². The monoisotopic (exact) mass is 278 g/mol. The third kappa shape index (κ3) is 2.13. The van der Waals surface area contributed by atoms with E-state index in [1.54, 1.807) is 0 Å². The Morgan fingerprint density at radius 2 is 1.70 bits per heavy atom. The molecular formula is C16H26N2O2. The van der Waals surface area contributed by atoms with Gasteiger partial charge >= 0.3 is 0 Å². The highest BCUT2D eigenvalue weighted by molar-refractivity contribution is 5.97. The van der Waals surface area contributed by atoms with Gasteiger partial charge in [-0.25, -0.2) is 0 Å². The summed E-state index contributed by atoms with van der Waals surface area (Å²) in [7, 11) is 0. The molecule has 3 unspecified atom stereocenters. The minimum Gasteiger partial charge on any atom is -0.329 e. The molecule has 0 radical (unpaired) electrons. The lowest BCUT2D eigenvalue weighted by atomic mass is 9.83. The molecule has 4 nitrogen and oxygen atoms in total. The van der Waals surface area contributed by atoms with Gasteiger partial charge in [-0.15, -0.1) is 0 Å². The van der Waals surface area contributed by atoms with E-state index in [2.05, 4.69) is 6.92 Å². The summed E-state index contributed by atoms with van der Waals surface area (Å²) in [5.41, 5.74) is 0. The summed E-state index contributed by atoms with van der Waals surface area (Å²) in [6.45, 7) is 4.83. The van der Waals surface area contributed by atoms with Gasteiger partial charge in [-0.2, -0.15) is 0 Å². The van der Waals surface area contributed by atoms with Crippen LogP contribution in [0.1, 0.15) is 58.8 Å². The minimum absolute atomic E-state index is 0.162. The molecule has 0 aromatic heterocycles. The number of hydrogen-bond donors (Lipinski definition) is 0. The summed E-state index contributed by atoms with van der Waals surface area (Å²) in [4.78, 5) is 29.0. The number of amides is 2. The van der Waals surface area contributed by atoms with Crippen molar-refractivity contribution in [2.24, 2.45) is 5.92 Å². The summed E-state index contributed by atoms with van der Waals surface area (Å²) >= 11 is 0. The Labute approximate surface area is 121 Å². The van der Waals surface area contributed by atoms with Crippen molar-refractivity contribution in [1.29, 1.82) is 0 Å². The zero-order valence-electron chi connectivity index (χ0n) is 12.7. The summed E-state index contributed by atoms with van der Waals surface area (Å²) in [6.07, 6.45) is 8.11. The third-order valence-electron chi connectivity index (χ3n) is 5.62. The second-order valence-corrected chi connectivity index (χ2v) is 6.75. The minimum atomic E-state index is -0.270. The predicted molar refractivity (Wildman–Crippen MR) is 77.1 cm³/mol. The van der Waals surface area contributed by atoms with Crippen LogP contribution in [0.15, 0.2) is 0 Å². The molecule has 20 heavy (non-hydrogen) atoms. The van der Waals surface area contributed by atoms with Gasteiger partial charge in [0.15, 0.2) is 0 Å². The Bertz CT molecular complexity index is 403. The summed E-state index contributed by atoms with van der Waals surface area (Å²) in [6, 6.07) is -0.219. The van der Waals surface area contributed by atoms with Crippen molar-refractivity contribution in [3.05, 3.63) is 0 Å². The first-order chi connectivity index (χ1) is 9.61. The fraction of sp³-hybridized carbons (Fsp3) is 0.875. The van der Waals surface area contributed by atoms with Crippen LogP contribution < -0.4 is 0 Å². The second-order valence-electron chi connectivity index (χ2n) is 6.75. The van der Waals surface area contributed by atoms with Crippen molar-refractivity contribution in [3.8, 4) is 0 Å². The van der Waals surface area contributed by atoms with Gasteiger partial charge in [0, 0.05) is 12.6 Å². The van der Waals surface area contributed by atoms with Crippen molar-refractivity contribution >= 4 is 11.8 Å². The summed E-state index contributed by atoms with van der Waals surface area (Å²) in [5, 5.41) is 0. The van der Waals surface area contributed by atoms with Gasteiger partial charge < -0.3 is 9.80 Å². The van der Waals surface area contributed by atoms with Crippen molar-refractivity contribution < 1.29 is 9.59 Å². The summed E-state index contributed by atoms with van der Waals surface area (Å²) in [5.74, 6) is 0.943. The molecule has 2 amide bonds. The lowest BCUT2D eigenvalue weighted by Gasteiger charge is -2.46. The van der Waals surface area contributed by atoms with Crippen LogP contribution in [-0.2, 0) is 9.59 Å². The Morgan fingerprint density at radius 1 is 1.00 bits per heavy atom. The molecule has 2 saturated heterocycles. The van der Waals surface area contributed by atoms with Crippen LogP contribution in [0.3, 0.4) is 0 Å². The normalized spacial score (nSPS) is 33.5. The molecule has 1 aliphatic carbocycles. The van der Waals surface area contributed by atoms with Crippen molar-refractivity contribution in [2.75, 3.05) is 6.54 Å². The number of rotatable bonds is 2. The first-order valence-corrected chi connectivity index (χ1v) is 8.24. The fourth-order valence-corrected chi connectivity index (χ4v) is 4.41. The molecule has 3 atom stereocenters. The van der Waals surface area contributed by atoms with Crippen LogP contribution in [0.5, 0.6) is 0 Å². The van der Waals surface area contributed by atoms with Crippen LogP contribution in [0.2, 0.25) is 0 Å². The van der Waals surface area contributed by atoms with Gasteiger partial charge in [0.05, 0.1) is 0 Å². The lowest BCUT2D eigenvalue weighted by Crippen LogP contribution is -2.64. The van der Waals surface area contributed by atoms with E-state index in [0.717, 1.165) is 19.4 Å². The number of fused-ring (bicyclic) bond motifs is 1. The highest BCUT2D eigenvalue weighted by Gasteiger charge is 2.48. The molecule has 0 N–H and O–H groups in total. The molecule has 112 valence electrons. The number of nitrogens with zero attached hydrogens (tertiary/aromatic N) is 2. The molecule has 3 rings (SSSR count). The predicted octanol–water partition coefficient (Wildman–Crippen LogP) is 2.18. The molecule has 4 heteroatoms. The van der Waals surface area contributed by atoms with E-state index in [1.165, 1.54) is 32.1 Å². The molecule has 2 heterocycles. The van der Waals surface area contributed by atoms with Crippen molar-refractivity contribution in [1.82, 2.24) is 9.80 Å². The maximum atomic E-state index is 12.8. The molecule has 0 aromatic carbocycles. The maximum absolute atomic E-state index is 12.8. The van der Waals surface area contributed by atoms with Gasteiger partial charge in [0.25, 0.3) is 0 Å². The standard InChI is InChI=1S/C16H26N2O2/c1-11(13-7-4-3-5-8-13)18-12(2)15(19)17-10-6-9-14(17)16(18)20/h11-14H,3-10H2,1-2H3. The van der Waals surface area contributed by atoms with Crippen molar-refractivity contribution in [2.45, 2.75) is 76.9 Å². The molecule has 1 saturated carbocycles. The second kappa shape index (κ2) is 5.38. The Kier molecular flexibility index (Phi) is 3.74. The van der Waals surface area contributed by atoms with Crippen LogP contribution >= 0.6 is 0 Å². The summed E-state index contributed by atoms with van der Waals surface area (Å²) < 4.78 is 0. The van der Waals surface area contributed by atoms with E-state index in [9.17, 15) is 9.59 Å². The van der Waals surface area contributed by atoms with E-state index in [4.69, 9.17) is 0 Å². The molecule has 0 aromatic rings. The Balaban J connectivity index is 1.80. The largest absolute Gasteiger partial charge is 0.329 e. The van der Waals surface area contributed by atoms with E-state index in [-0.39, 0.29) is 29.9 Å². The zero-order chi connectivity index (χ0) is 14.3. The van der Waals surface area contributed by atoms with Crippen LogP contribution in [-0.4, -0.2) is 46.3 Å².